The quantitative estimate of drug-likeness (QED) is 0.508. The van der Waals surface area contributed by atoms with Crippen LogP contribution >= 0.6 is 12.2 Å². The summed E-state index contributed by atoms with van der Waals surface area (Å²) >= 11 is 5.31. The second kappa shape index (κ2) is 11.5. The van der Waals surface area contributed by atoms with Gasteiger partial charge in [-0.15, -0.1) is 0 Å². The zero-order valence-corrected chi connectivity index (χ0v) is 20.4. The fraction of sp³-hybridized carbons (Fsp3) is 0.222. The fourth-order valence-corrected chi connectivity index (χ4v) is 4.13. The summed E-state index contributed by atoms with van der Waals surface area (Å²) < 4.78 is 5.44. The van der Waals surface area contributed by atoms with E-state index in [-0.39, 0.29) is 16.9 Å². The van der Waals surface area contributed by atoms with Crippen molar-refractivity contribution in [3.63, 3.8) is 0 Å². The van der Waals surface area contributed by atoms with Crippen molar-refractivity contribution in [3.05, 3.63) is 90.0 Å². The van der Waals surface area contributed by atoms with Crippen LogP contribution in [0.25, 0.3) is 0 Å². The van der Waals surface area contributed by atoms with E-state index in [1.807, 2.05) is 66.4 Å². The maximum Gasteiger partial charge on any atom is 0.257 e. The van der Waals surface area contributed by atoms with Crippen molar-refractivity contribution in [1.29, 1.82) is 0 Å². The lowest BCUT2D eigenvalue weighted by atomic mass is 10.1. The summed E-state index contributed by atoms with van der Waals surface area (Å²) in [5.41, 5.74) is 3.05. The zero-order chi connectivity index (χ0) is 24.6. The predicted molar refractivity (Wildman–Crippen MR) is 142 cm³/mol. The van der Waals surface area contributed by atoms with Crippen molar-refractivity contribution in [2.24, 2.45) is 0 Å². The Bertz CT molecular complexity index is 1180. The third kappa shape index (κ3) is 6.36. The van der Waals surface area contributed by atoms with Crippen LogP contribution in [0.5, 0.6) is 5.75 Å². The Labute approximate surface area is 210 Å². The van der Waals surface area contributed by atoms with Crippen molar-refractivity contribution >= 4 is 40.5 Å². The first-order valence-corrected chi connectivity index (χ1v) is 12.0. The van der Waals surface area contributed by atoms with Crippen LogP contribution in [0.1, 0.15) is 27.6 Å². The lowest BCUT2D eigenvalue weighted by Gasteiger charge is -2.36. The van der Waals surface area contributed by atoms with E-state index in [4.69, 9.17) is 17.0 Å². The number of anilines is 2. The third-order valence-electron chi connectivity index (χ3n) is 5.71. The van der Waals surface area contributed by atoms with Crippen LogP contribution in [0.4, 0.5) is 11.4 Å². The minimum Gasteiger partial charge on any atom is -0.494 e. The molecular weight excluding hydrogens is 460 g/mol. The molecule has 2 amide bonds. The summed E-state index contributed by atoms with van der Waals surface area (Å²) in [6.07, 6.45) is 0. The molecule has 1 fully saturated rings. The molecular formula is C27H28N4O3S. The summed E-state index contributed by atoms with van der Waals surface area (Å²) in [5, 5.41) is 5.97. The Morgan fingerprint density at radius 1 is 0.886 bits per heavy atom. The van der Waals surface area contributed by atoms with E-state index in [0.29, 0.717) is 31.0 Å². The van der Waals surface area contributed by atoms with Gasteiger partial charge in [0.05, 0.1) is 6.61 Å². The first-order valence-electron chi connectivity index (χ1n) is 11.6. The molecule has 1 aliphatic rings. The third-order valence-corrected chi connectivity index (χ3v) is 5.92. The minimum absolute atomic E-state index is 0.0740. The molecule has 2 N–H and O–H groups in total. The Balaban J connectivity index is 1.27. The second-order valence-corrected chi connectivity index (χ2v) is 8.47. The van der Waals surface area contributed by atoms with Crippen molar-refractivity contribution in [2.75, 3.05) is 43.0 Å². The van der Waals surface area contributed by atoms with Gasteiger partial charge in [-0.05, 0) is 73.7 Å². The number of benzene rings is 3. The van der Waals surface area contributed by atoms with E-state index in [1.165, 1.54) is 0 Å². The molecule has 35 heavy (non-hydrogen) atoms. The highest BCUT2D eigenvalue weighted by atomic mass is 32.1. The smallest absolute Gasteiger partial charge is 0.257 e. The number of thiocarbonyl (C=S) groups is 1. The van der Waals surface area contributed by atoms with Crippen LogP contribution in [0, 0.1) is 0 Å². The molecule has 3 aromatic rings. The van der Waals surface area contributed by atoms with Gasteiger partial charge in [0.1, 0.15) is 5.75 Å². The van der Waals surface area contributed by atoms with Crippen molar-refractivity contribution in [2.45, 2.75) is 6.92 Å². The van der Waals surface area contributed by atoms with Gasteiger partial charge in [0.15, 0.2) is 5.11 Å². The fourth-order valence-electron chi connectivity index (χ4n) is 3.92. The van der Waals surface area contributed by atoms with Gasteiger partial charge >= 0.3 is 0 Å². The number of nitrogens with zero attached hydrogens (tertiary/aromatic N) is 2. The molecule has 1 heterocycles. The number of hydrogen-bond acceptors (Lipinski definition) is 5. The monoisotopic (exact) mass is 488 g/mol. The molecule has 8 heteroatoms. The molecule has 0 saturated carbocycles. The van der Waals surface area contributed by atoms with E-state index >= 15 is 0 Å². The molecule has 0 unspecified atom stereocenters. The van der Waals surface area contributed by atoms with Crippen molar-refractivity contribution in [1.82, 2.24) is 10.2 Å². The highest BCUT2D eigenvalue weighted by Gasteiger charge is 2.22. The van der Waals surface area contributed by atoms with E-state index < -0.39 is 0 Å². The Morgan fingerprint density at radius 3 is 2.26 bits per heavy atom. The topological polar surface area (TPSA) is 73.9 Å². The highest BCUT2D eigenvalue weighted by Crippen LogP contribution is 2.20. The predicted octanol–water partition coefficient (Wildman–Crippen LogP) is 4.17. The van der Waals surface area contributed by atoms with Crippen LogP contribution in [0.3, 0.4) is 0 Å². The molecule has 1 saturated heterocycles. The molecule has 7 nitrogen and oxygen atoms in total. The molecule has 0 atom stereocenters. The molecule has 3 aromatic carbocycles. The standard InChI is InChI=1S/C27H28N4O3S/c1-2-34-24-10-6-9-21(19-24)25(32)29-27(35)28-22-11-13-23(14-12-22)30-15-17-31(18-16-30)26(33)20-7-4-3-5-8-20/h3-14,19H,2,15-18H2,1H3,(H2,28,29,32,35). The number of rotatable bonds is 6. The number of piperazine rings is 1. The molecule has 0 radical (unpaired) electrons. The Hall–Kier alpha value is -3.91. The van der Waals surface area contributed by atoms with Crippen LogP contribution in [-0.2, 0) is 0 Å². The molecule has 0 aromatic heterocycles. The molecule has 0 bridgehead atoms. The van der Waals surface area contributed by atoms with Crippen molar-refractivity contribution in [3.8, 4) is 5.75 Å². The lowest BCUT2D eigenvalue weighted by Crippen LogP contribution is -2.48. The van der Waals surface area contributed by atoms with Crippen molar-refractivity contribution < 1.29 is 14.3 Å². The first-order chi connectivity index (χ1) is 17.0. The van der Waals surface area contributed by atoms with E-state index in [0.717, 1.165) is 30.0 Å². The number of ether oxygens (including phenoxy) is 1. The Kier molecular flexibility index (Phi) is 7.95. The van der Waals surface area contributed by atoms with Crippen LogP contribution in [0.15, 0.2) is 78.9 Å². The van der Waals surface area contributed by atoms with E-state index in [2.05, 4.69) is 15.5 Å². The van der Waals surface area contributed by atoms with Crippen LogP contribution in [-0.4, -0.2) is 54.6 Å². The number of hydrogen-bond donors (Lipinski definition) is 2. The summed E-state index contributed by atoms with van der Waals surface area (Å²) in [6, 6.07) is 24.2. The van der Waals surface area contributed by atoms with Gasteiger partial charge in [0, 0.05) is 48.7 Å². The summed E-state index contributed by atoms with van der Waals surface area (Å²) in [5.74, 6) is 0.411. The normalized spacial score (nSPS) is 13.2. The maximum atomic E-state index is 12.7. The largest absolute Gasteiger partial charge is 0.494 e. The van der Waals surface area contributed by atoms with Gasteiger partial charge in [0.2, 0.25) is 0 Å². The van der Waals surface area contributed by atoms with Crippen LogP contribution < -0.4 is 20.3 Å². The summed E-state index contributed by atoms with van der Waals surface area (Å²) in [4.78, 5) is 29.3. The molecule has 0 aliphatic carbocycles. The average molecular weight is 489 g/mol. The van der Waals surface area contributed by atoms with Gasteiger partial charge in [-0.3, -0.25) is 14.9 Å². The second-order valence-electron chi connectivity index (χ2n) is 8.06. The van der Waals surface area contributed by atoms with E-state index in [9.17, 15) is 9.59 Å². The summed E-state index contributed by atoms with van der Waals surface area (Å²) in [7, 11) is 0. The van der Waals surface area contributed by atoms with Gasteiger partial charge in [-0.25, -0.2) is 0 Å². The zero-order valence-electron chi connectivity index (χ0n) is 19.6. The van der Waals surface area contributed by atoms with Gasteiger partial charge < -0.3 is 19.9 Å². The highest BCUT2D eigenvalue weighted by molar-refractivity contribution is 7.80. The number of amides is 2. The summed E-state index contributed by atoms with van der Waals surface area (Å²) in [6.45, 7) is 5.30. The molecule has 180 valence electrons. The SMILES string of the molecule is CCOc1cccc(C(=O)NC(=S)Nc2ccc(N3CCN(C(=O)c4ccccc4)CC3)cc2)c1. The number of carbonyl (C=O) groups is 2. The molecule has 1 aliphatic heterocycles. The first kappa shape index (κ1) is 24.2. The lowest BCUT2D eigenvalue weighted by molar-refractivity contribution is 0.0746. The maximum absolute atomic E-state index is 12.7. The number of nitrogens with one attached hydrogen (secondary N) is 2. The average Bonchev–Trinajstić information content (AvgIpc) is 2.89. The molecule has 4 rings (SSSR count). The van der Waals surface area contributed by atoms with E-state index in [1.54, 1.807) is 24.3 Å². The molecule has 0 spiro atoms. The minimum atomic E-state index is -0.302. The Morgan fingerprint density at radius 2 is 1.57 bits per heavy atom. The number of carbonyl (C=O) groups excluding carboxylic acids is 2. The van der Waals surface area contributed by atoms with Crippen LogP contribution in [0.2, 0.25) is 0 Å². The van der Waals surface area contributed by atoms with Gasteiger partial charge in [-0.2, -0.15) is 0 Å². The van der Waals surface area contributed by atoms with Gasteiger partial charge in [0.25, 0.3) is 11.8 Å². The van der Waals surface area contributed by atoms with Gasteiger partial charge in [-0.1, -0.05) is 24.3 Å².